The molecule has 1 aromatic carbocycles. The summed E-state index contributed by atoms with van der Waals surface area (Å²) in [5, 5.41) is 6.01. The first-order valence-corrected chi connectivity index (χ1v) is 6.18. The minimum Gasteiger partial charge on any atom is -0.489 e. The molecule has 0 aliphatic carbocycles. The summed E-state index contributed by atoms with van der Waals surface area (Å²) in [5.41, 5.74) is 0. The molecule has 0 saturated carbocycles. The average Bonchev–Trinajstić information content (AvgIpc) is 2.43. The summed E-state index contributed by atoms with van der Waals surface area (Å²) in [6.07, 6.45) is 0. The maximum Gasteiger partial charge on any atom is 0.191 e. The number of hydrogen-bond donors (Lipinski definition) is 2. The summed E-state index contributed by atoms with van der Waals surface area (Å²) in [6, 6.07) is 3.20. The van der Waals surface area contributed by atoms with Gasteiger partial charge in [-0.3, -0.25) is 4.99 Å². The zero-order valence-electron chi connectivity index (χ0n) is 12.0. The number of nitrogens with one attached hydrogen (secondary N) is 2. The van der Waals surface area contributed by atoms with Gasteiger partial charge in [0.25, 0.3) is 0 Å². The molecular formula is C13H20F2IN3O2. The minimum atomic E-state index is -0.715. The van der Waals surface area contributed by atoms with Crippen molar-refractivity contribution in [2.45, 2.75) is 0 Å². The summed E-state index contributed by atoms with van der Waals surface area (Å²) in [4.78, 5) is 3.99. The van der Waals surface area contributed by atoms with E-state index in [0.717, 1.165) is 12.1 Å². The standard InChI is InChI=1S/C13H19F2N3O2.HI/c1-16-13(17-5-7-19-2)18-6-8-20-12-4-3-10(14)9-11(12)15;/h3-4,9H,5-8H2,1-2H3,(H2,16,17,18);1H. The second kappa shape index (κ2) is 11.5. The van der Waals surface area contributed by atoms with E-state index in [9.17, 15) is 8.78 Å². The van der Waals surface area contributed by atoms with E-state index < -0.39 is 11.6 Å². The second-order valence-electron chi connectivity index (χ2n) is 3.84. The Morgan fingerprint density at radius 3 is 2.43 bits per heavy atom. The van der Waals surface area contributed by atoms with Crippen molar-refractivity contribution < 1.29 is 18.3 Å². The van der Waals surface area contributed by atoms with E-state index in [0.29, 0.717) is 25.7 Å². The van der Waals surface area contributed by atoms with Crippen LogP contribution in [0.5, 0.6) is 5.75 Å². The smallest absolute Gasteiger partial charge is 0.191 e. The number of benzene rings is 1. The van der Waals surface area contributed by atoms with Crippen LogP contribution in [0.3, 0.4) is 0 Å². The Balaban J connectivity index is 0.00000400. The highest BCUT2D eigenvalue weighted by atomic mass is 127. The summed E-state index contributed by atoms with van der Waals surface area (Å²) >= 11 is 0. The predicted octanol–water partition coefficient (Wildman–Crippen LogP) is 1.77. The summed E-state index contributed by atoms with van der Waals surface area (Å²) in [6.45, 7) is 1.86. The lowest BCUT2D eigenvalue weighted by Gasteiger charge is -2.12. The number of rotatable bonds is 7. The van der Waals surface area contributed by atoms with Gasteiger partial charge < -0.3 is 20.1 Å². The van der Waals surface area contributed by atoms with Gasteiger partial charge in [0.2, 0.25) is 0 Å². The van der Waals surface area contributed by atoms with Crippen LogP contribution in [0.2, 0.25) is 0 Å². The molecule has 0 saturated heterocycles. The van der Waals surface area contributed by atoms with Crippen molar-refractivity contribution in [3.63, 3.8) is 0 Å². The number of hydrogen-bond acceptors (Lipinski definition) is 3. The third-order valence-corrected chi connectivity index (χ3v) is 2.37. The Bertz CT molecular complexity index is 447. The van der Waals surface area contributed by atoms with Crippen molar-refractivity contribution >= 4 is 29.9 Å². The van der Waals surface area contributed by atoms with Gasteiger partial charge in [-0.2, -0.15) is 0 Å². The van der Waals surface area contributed by atoms with E-state index in [2.05, 4.69) is 15.6 Å². The third kappa shape index (κ3) is 8.00. The maximum atomic E-state index is 13.3. The fourth-order valence-electron chi connectivity index (χ4n) is 1.41. The molecule has 0 amide bonds. The number of halogens is 3. The van der Waals surface area contributed by atoms with Crippen molar-refractivity contribution in [3.05, 3.63) is 29.8 Å². The maximum absolute atomic E-state index is 13.3. The zero-order valence-corrected chi connectivity index (χ0v) is 14.3. The van der Waals surface area contributed by atoms with E-state index in [1.807, 2.05) is 0 Å². The Morgan fingerprint density at radius 1 is 1.19 bits per heavy atom. The van der Waals surface area contributed by atoms with Gasteiger partial charge in [-0.25, -0.2) is 8.78 Å². The highest BCUT2D eigenvalue weighted by Gasteiger charge is 2.04. The molecule has 0 atom stereocenters. The SMILES string of the molecule is CN=C(NCCOC)NCCOc1ccc(F)cc1F.I. The van der Waals surface area contributed by atoms with Crippen LogP contribution in [0.4, 0.5) is 8.78 Å². The molecule has 0 heterocycles. The lowest BCUT2D eigenvalue weighted by molar-refractivity contribution is 0.203. The molecule has 2 N–H and O–H groups in total. The van der Waals surface area contributed by atoms with Crippen molar-refractivity contribution in [2.75, 3.05) is 40.5 Å². The van der Waals surface area contributed by atoms with Crippen LogP contribution >= 0.6 is 24.0 Å². The van der Waals surface area contributed by atoms with Crippen LogP contribution < -0.4 is 15.4 Å². The Labute approximate surface area is 140 Å². The molecule has 0 aromatic heterocycles. The molecule has 0 radical (unpaired) electrons. The summed E-state index contributed by atoms with van der Waals surface area (Å²) < 4.78 is 36.1. The van der Waals surface area contributed by atoms with Crippen LogP contribution in [0.1, 0.15) is 0 Å². The quantitative estimate of drug-likeness (QED) is 0.309. The minimum absolute atomic E-state index is 0. The number of guanidine groups is 1. The molecule has 0 bridgehead atoms. The molecule has 1 rings (SSSR count). The third-order valence-electron chi connectivity index (χ3n) is 2.37. The molecule has 120 valence electrons. The Hall–Kier alpha value is -1.16. The Kier molecular flexibility index (Phi) is 10.9. The molecule has 0 unspecified atom stereocenters. The average molecular weight is 415 g/mol. The number of ether oxygens (including phenoxy) is 2. The lowest BCUT2D eigenvalue weighted by Crippen LogP contribution is -2.40. The van der Waals surface area contributed by atoms with Crippen LogP contribution in [0.25, 0.3) is 0 Å². The van der Waals surface area contributed by atoms with Crippen molar-refractivity contribution in [2.24, 2.45) is 4.99 Å². The van der Waals surface area contributed by atoms with Gasteiger partial charge in [0.1, 0.15) is 12.4 Å². The molecule has 1 aromatic rings. The van der Waals surface area contributed by atoms with E-state index in [1.165, 1.54) is 6.07 Å². The van der Waals surface area contributed by atoms with E-state index in [-0.39, 0.29) is 36.3 Å². The van der Waals surface area contributed by atoms with Crippen LogP contribution in [0, 0.1) is 11.6 Å². The fourth-order valence-corrected chi connectivity index (χ4v) is 1.41. The van der Waals surface area contributed by atoms with Gasteiger partial charge in [-0.1, -0.05) is 0 Å². The van der Waals surface area contributed by atoms with Gasteiger partial charge in [0.05, 0.1) is 13.2 Å². The highest BCUT2D eigenvalue weighted by Crippen LogP contribution is 2.17. The molecule has 8 heteroatoms. The topological polar surface area (TPSA) is 54.9 Å². The Morgan fingerprint density at radius 2 is 1.86 bits per heavy atom. The van der Waals surface area contributed by atoms with Crippen LogP contribution in [-0.4, -0.2) is 46.4 Å². The highest BCUT2D eigenvalue weighted by molar-refractivity contribution is 14.0. The second-order valence-corrected chi connectivity index (χ2v) is 3.84. The van der Waals surface area contributed by atoms with E-state index in [1.54, 1.807) is 14.2 Å². The number of nitrogens with zero attached hydrogens (tertiary/aromatic N) is 1. The molecule has 21 heavy (non-hydrogen) atoms. The van der Waals surface area contributed by atoms with Crippen molar-refractivity contribution in [1.29, 1.82) is 0 Å². The largest absolute Gasteiger partial charge is 0.489 e. The van der Waals surface area contributed by atoms with Gasteiger partial charge in [-0.15, -0.1) is 24.0 Å². The first-order chi connectivity index (χ1) is 9.67. The van der Waals surface area contributed by atoms with Gasteiger partial charge >= 0.3 is 0 Å². The van der Waals surface area contributed by atoms with E-state index >= 15 is 0 Å². The first kappa shape index (κ1) is 19.8. The number of aliphatic imine (C=N–C) groups is 1. The van der Waals surface area contributed by atoms with Gasteiger partial charge in [0, 0.05) is 26.8 Å². The zero-order chi connectivity index (χ0) is 14.8. The van der Waals surface area contributed by atoms with Crippen molar-refractivity contribution in [3.8, 4) is 5.75 Å². The molecular weight excluding hydrogens is 395 g/mol. The van der Waals surface area contributed by atoms with Crippen LogP contribution in [0.15, 0.2) is 23.2 Å². The molecule has 0 aliphatic rings. The fraction of sp³-hybridized carbons (Fsp3) is 0.462. The molecule has 0 aliphatic heterocycles. The van der Waals surface area contributed by atoms with Gasteiger partial charge in [0.15, 0.2) is 17.5 Å². The number of methoxy groups -OCH3 is 1. The normalized spacial score (nSPS) is 10.8. The van der Waals surface area contributed by atoms with Crippen LogP contribution in [-0.2, 0) is 4.74 Å². The lowest BCUT2D eigenvalue weighted by atomic mass is 10.3. The predicted molar refractivity (Wildman–Crippen MR) is 88.5 cm³/mol. The monoisotopic (exact) mass is 415 g/mol. The van der Waals surface area contributed by atoms with E-state index in [4.69, 9.17) is 9.47 Å². The summed E-state index contributed by atoms with van der Waals surface area (Å²) in [5.74, 6) is -0.718. The molecule has 0 spiro atoms. The summed E-state index contributed by atoms with van der Waals surface area (Å²) in [7, 11) is 3.26. The molecule has 5 nitrogen and oxygen atoms in total. The van der Waals surface area contributed by atoms with Crippen molar-refractivity contribution in [1.82, 2.24) is 10.6 Å². The molecule has 0 fully saturated rings. The first-order valence-electron chi connectivity index (χ1n) is 6.18. The van der Waals surface area contributed by atoms with Gasteiger partial charge in [-0.05, 0) is 12.1 Å².